The average Bonchev–Trinajstić information content (AvgIpc) is 2.39. The van der Waals surface area contributed by atoms with Gasteiger partial charge in [0.05, 0.1) is 0 Å². The largest absolute Gasteiger partial charge is 0.314 e. The Labute approximate surface area is 80.1 Å². The third kappa shape index (κ3) is 1.04. The number of carbonyl (C=O) groups excluding carboxylic acids is 2. The van der Waals surface area contributed by atoms with Crippen LogP contribution in [0.4, 0.5) is 10.1 Å². The van der Waals surface area contributed by atoms with Gasteiger partial charge in [-0.1, -0.05) is 0 Å². The highest BCUT2D eigenvalue weighted by molar-refractivity contribution is 6.12. The maximum absolute atomic E-state index is 12.9. The molecule has 0 spiro atoms. The molecule has 2 rings (SSSR count). The second kappa shape index (κ2) is 2.90. The van der Waals surface area contributed by atoms with Crippen molar-refractivity contribution >= 4 is 17.9 Å². The van der Waals surface area contributed by atoms with E-state index in [1.165, 1.54) is 23.1 Å². The number of fused-ring (bicyclic) bond motifs is 1. The Morgan fingerprint density at radius 3 is 2.86 bits per heavy atom. The van der Waals surface area contributed by atoms with Crippen molar-refractivity contribution in [2.45, 2.75) is 5.92 Å². The predicted molar refractivity (Wildman–Crippen MR) is 48.6 cm³/mol. The van der Waals surface area contributed by atoms with Gasteiger partial charge in [-0.3, -0.25) is 4.79 Å². The third-order valence-electron chi connectivity index (χ3n) is 2.42. The molecule has 0 fully saturated rings. The van der Waals surface area contributed by atoms with Crippen LogP contribution in [-0.2, 0) is 9.59 Å². The van der Waals surface area contributed by atoms with E-state index in [1.807, 2.05) is 0 Å². The lowest BCUT2D eigenvalue weighted by molar-refractivity contribution is -0.122. The minimum atomic E-state index is -0.842. The summed E-state index contributed by atoms with van der Waals surface area (Å²) >= 11 is 0. The van der Waals surface area contributed by atoms with Crippen LogP contribution in [0, 0.1) is 5.82 Å². The predicted octanol–water partition coefficient (Wildman–Crippen LogP) is 1.08. The van der Waals surface area contributed by atoms with E-state index in [0.717, 1.165) is 0 Å². The molecule has 0 bridgehead atoms. The van der Waals surface area contributed by atoms with Crippen molar-refractivity contribution in [3.05, 3.63) is 29.6 Å². The Bertz CT molecular complexity index is 417. The number of likely N-dealkylation sites (N-methyl/N-ethyl adjacent to an activating group) is 1. The summed E-state index contributed by atoms with van der Waals surface area (Å²) < 4.78 is 12.9. The van der Waals surface area contributed by atoms with Gasteiger partial charge in [-0.2, -0.15) is 0 Å². The van der Waals surface area contributed by atoms with Gasteiger partial charge in [0.2, 0.25) is 5.91 Å². The first-order chi connectivity index (χ1) is 6.65. The molecule has 0 aromatic heterocycles. The Hall–Kier alpha value is -1.71. The Morgan fingerprint density at radius 2 is 2.21 bits per heavy atom. The summed E-state index contributed by atoms with van der Waals surface area (Å²) in [4.78, 5) is 23.5. The molecule has 1 amide bonds. The highest BCUT2D eigenvalue weighted by atomic mass is 19.1. The van der Waals surface area contributed by atoms with Crippen LogP contribution >= 0.6 is 0 Å². The van der Waals surface area contributed by atoms with Crippen LogP contribution in [0.1, 0.15) is 11.5 Å². The average molecular weight is 193 g/mol. The molecule has 1 aromatic carbocycles. The van der Waals surface area contributed by atoms with E-state index in [0.29, 0.717) is 17.5 Å². The van der Waals surface area contributed by atoms with Crippen molar-refractivity contribution in [1.82, 2.24) is 0 Å². The molecule has 4 heteroatoms. The van der Waals surface area contributed by atoms with E-state index >= 15 is 0 Å². The van der Waals surface area contributed by atoms with Gasteiger partial charge in [0, 0.05) is 12.7 Å². The van der Waals surface area contributed by atoms with Crippen molar-refractivity contribution in [2.75, 3.05) is 11.9 Å². The van der Waals surface area contributed by atoms with Crippen LogP contribution in [0.2, 0.25) is 0 Å². The summed E-state index contributed by atoms with van der Waals surface area (Å²) in [5, 5.41) is 0. The van der Waals surface area contributed by atoms with Gasteiger partial charge in [-0.25, -0.2) is 4.39 Å². The van der Waals surface area contributed by atoms with Crippen LogP contribution in [0.5, 0.6) is 0 Å². The summed E-state index contributed by atoms with van der Waals surface area (Å²) in [6, 6.07) is 4.01. The minimum Gasteiger partial charge on any atom is -0.314 e. The Balaban J connectivity index is 2.61. The van der Waals surface area contributed by atoms with Gasteiger partial charge in [0.1, 0.15) is 18.0 Å². The maximum atomic E-state index is 12.9. The summed E-state index contributed by atoms with van der Waals surface area (Å²) in [7, 11) is 1.57. The molecule has 0 N–H and O–H groups in total. The second-order valence-corrected chi connectivity index (χ2v) is 3.21. The maximum Gasteiger partial charge on any atom is 0.241 e. The van der Waals surface area contributed by atoms with Crippen LogP contribution in [-0.4, -0.2) is 19.2 Å². The Kier molecular flexibility index (Phi) is 1.84. The molecule has 1 aliphatic heterocycles. The summed E-state index contributed by atoms with van der Waals surface area (Å²) in [5.41, 5.74) is 1.06. The minimum absolute atomic E-state index is 0.305. The fourth-order valence-corrected chi connectivity index (χ4v) is 1.67. The van der Waals surface area contributed by atoms with E-state index in [-0.39, 0.29) is 5.91 Å². The zero-order valence-corrected chi connectivity index (χ0v) is 7.53. The topological polar surface area (TPSA) is 37.4 Å². The van der Waals surface area contributed by atoms with Gasteiger partial charge in [-0.05, 0) is 23.8 Å². The fourth-order valence-electron chi connectivity index (χ4n) is 1.67. The number of hydrogen-bond acceptors (Lipinski definition) is 2. The molecule has 72 valence electrons. The van der Waals surface area contributed by atoms with Gasteiger partial charge in [0.15, 0.2) is 0 Å². The van der Waals surface area contributed by atoms with Gasteiger partial charge in [0.25, 0.3) is 0 Å². The van der Waals surface area contributed by atoms with Gasteiger partial charge < -0.3 is 9.69 Å². The summed E-state index contributed by atoms with van der Waals surface area (Å²) in [6.45, 7) is 0. The van der Waals surface area contributed by atoms with Gasteiger partial charge >= 0.3 is 0 Å². The zero-order chi connectivity index (χ0) is 10.3. The quantitative estimate of drug-likeness (QED) is 0.494. The first-order valence-corrected chi connectivity index (χ1v) is 4.17. The number of halogens is 1. The lowest BCUT2D eigenvalue weighted by Gasteiger charge is -2.08. The summed E-state index contributed by atoms with van der Waals surface area (Å²) in [6.07, 6.45) is 0.546. The molecule has 0 radical (unpaired) electrons. The normalized spacial score (nSPS) is 19.7. The molecule has 14 heavy (non-hydrogen) atoms. The lowest BCUT2D eigenvalue weighted by Crippen LogP contribution is -2.24. The summed E-state index contributed by atoms with van der Waals surface area (Å²) in [5.74, 6) is -1.58. The Morgan fingerprint density at radius 1 is 1.50 bits per heavy atom. The second-order valence-electron chi connectivity index (χ2n) is 3.21. The third-order valence-corrected chi connectivity index (χ3v) is 2.42. The van der Waals surface area contributed by atoms with E-state index < -0.39 is 11.7 Å². The molecule has 1 atom stereocenters. The van der Waals surface area contributed by atoms with E-state index in [1.54, 1.807) is 7.05 Å². The van der Waals surface area contributed by atoms with Crippen LogP contribution in [0.3, 0.4) is 0 Å². The van der Waals surface area contributed by atoms with E-state index in [9.17, 15) is 14.0 Å². The van der Waals surface area contributed by atoms with Crippen LogP contribution in [0.25, 0.3) is 0 Å². The highest BCUT2D eigenvalue weighted by Gasteiger charge is 2.34. The number of nitrogens with zero attached hydrogens (tertiary/aromatic N) is 1. The molecule has 3 nitrogen and oxygen atoms in total. The molecule has 0 saturated heterocycles. The molecule has 1 aliphatic rings. The van der Waals surface area contributed by atoms with Crippen molar-refractivity contribution < 1.29 is 14.0 Å². The van der Waals surface area contributed by atoms with Crippen molar-refractivity contribution in [3.63, 3.8) is 0 Å². The monoisotopic (exact) mass is 193 g/mol. The molecule has 0 saturated carbocycles. The molecular weight excluding hydrogens is 185 g/mol. The smallest absolute Gasteiger partial charge is 0.241 e. The lowest BCUT2D eigenvalue weighted by atomic mass is 10.0. The standard InChI is InChI=1S/C10H8FNO2/c1-12-9-3-2-6(11)4-7(9)8(5-13)10(12)14/h2-5,8H,1H3. The van der Waals surface area contributed by atoms with Crippen molar-refractivity contribution in [1.29, 1.82) is 0 Å². The number of rotatable bonds is 1. The van der Waals surface area contributed by atoms with Crippen LogP contribution in [0.15, 0.2) is 18.2 Å². The SMILES string of the molecule is CN1C(=O)C(C=O)c2cc(F)ccc21. The van der Waals surface area contributed by atoms with E-state index in [2.05, 4.69) is 0 Å². The van der Waals surface area contributed by atoms with E-state index in [4.69, 9.17) is 0 Å². The number of amides is 1. The highest BCUT2D eigenvalue weighted by Crippen LogP contribution is 2.35. The first kappa shape index (κ1) is 8.87. The number of carbonyl (C=O) groups is 2. The zero-order valence-electron chi connectivity index (χ0n) is 7.53. The number of benzene rings is 1. The number of aldehydes is 1. The molecule has 0 aliphatic carbocycles. The first-order valence-electron chi connectivity index (χ1n) is 4.17. The van der Waals surface area contributed by atoms with Crippen molar-refractivity contribution in [2.24, 2.45) is 0 Å². The molecule has 1 heterocycles. The molecule has 1 aromatic rings. The van der Waals surface area contributed by atoms with Crippen LogP contribution < -0.4 is 4.90 Å². The number of anilines is 1. The fraction of sp³-hybridized carbons (Fsp3) is 0.200. The molecular formula is C10H8FNO2. The molecule has 1 unspecified atom stereocenters. The van der Waals surface area contributed by atoms with Gasteiger partial charge in [-0.15, -0.1) is 0 Å². The van der Waals surface area contributed by atoms with Crippen molar-refractivity contribution in [3.8, 4) is 0 Å². The number of hydrogen-bond donors (Lipinski definition) is 0.